The van der Waals surface area contributed by atoms with E-state index in [1.165, 1.54) is 11.8 Å². The first-order valence-corrected chi connectivity index (χ1v) is 10.1. The van der Waals surface area contributed by atoms with Gasteiger partial charge in [-0.25, -0.2) is 0 Å². The SMILES string of the molecule is Cc1ccccc1SCC(=O)OCC(=O)c1ccc(NC(=O)CC(C)C)cc1. The number of nitrogens with one attached hydrogen (secondary N) is 1. The van der Waals surface area contributed by atoms with E-state index >= 15 is 0 Å². The fourth-order valence-corrected chi connectivity index (χ4v) is 3.28. The number of carbonyl (C=O) groups excluding carboxylic acids is 3. The fraction of sp³-hybridized carbons (Fsp3) is 0.318. The lowest BCUT2D eigenvalue weighted by atomic mass is 10.1. The molecule has 0 radical (unpaired) electrons. The van der Waals surface area contributed by atoms with Gasteiger partial charge in [0.25, 0.3) is 0 Å². The molecule has 0 heterocycles. The van der Waals surface area contributed by atoms with Gasteiger partial charge in [-0.15, -0.1) is 11.8 Å². The number of amides is 1. The first kappa shape index (κ1) is 21.7. The van der Waals surface area contributed by atoms with Crippen LogP contribution >= 0.6 is 11.8 Å². The number of hydrogen-bond acceptors (Lipinski definition) is 5. The van der Waals surface area contributed by atoms with Crippen molar-refractivity contribution < 1.29 is 19.1 Å². The predicted octanol–water partition coefficient (Wildman–Crippen LogP) is 4.50. The van der Waals surface area contributed by atoms with Crippen molar-refractivity contribution in [3.05, 3.63) is 59.7 Å². The number of carbonyl (C=O) groups is 3. The molecule has 148 valence electrons. The predicted molar refractivity (Wildman–Crippen MR) is 112 cm³/mol. The Balaban J connectivity index is 1.78. The van der Waals surface area contributed by atoms with Crippen molar-refractivity contribution in [1.82, 2.24) is 0 Å². The summed E-state index contributed by atoms with van der Waals surface area (Å²) in [7, 11) is 0. The van der Waals surface area contributed by atoms with Crippen LogP contribution < -0.4 is 5.32 Å². The maximum atomic E-state index is 12.2. The van der Waals surface area contributed by atoms with Crippen LogP contribution in [-0.4, -0.2) is 30.0 Å². The van der Waals surface area contributed by atoms with E-state index in [0.717, 1.165) is 10.5 Å². The highest BCUT2D eigenvalue weighted by Crippen LogP contribution is 2.21. The summed E-state index contributed by atoms with van der Waals surface area (Å²) in [5.74, 6) is -0.346. The van der Waals surface area contributed by atoms with Gasteiger partial charge >= 0.3 is 5.97 Å². The summed E-state index contributed by atoms with van der Waals surface area (Å²) in [6.07, 6.45) is 0.442. The van der Waals surface area contributed by atoms with Crippen LogP contribution in [0.25, 0.3) is 0 Å². The molecular weight excluding hydrogens is 374 g/mol. The monoisotopic (exact) mass is 399 g/mol. The van der Waals surface area contributed by atoms with Gasteiger partial charge in [-0.05, 0) is 48.7 Å². The number of rotatable bonds is 9. The summed E-state index contributed by atoms with van der Waals surface area (Å²) in [6.45, 7) is 5.63. The second-order valence-corrected chi connectivity index (χ2v) is 7.88. The Labute approximate surface area is 169 Å². The van der Waals surface area contributed by atoms with Gasteiger partial charge in [0.1, 0.15) is 0 Å². The highest BCUT2D eigenvalue weighted by molar-refractivity contribution is 8.00. The van der Waals surface area contributed by atoms with Gasteiger partial charge in [0.05, 0.1) is 5.75 Å². The van der Waals surface area contributed by atoms with Crippen LogP contribution in [0.1, 0.15) is 36.2 Å². The van der Waals surface area contributed by atoms with E-state index in [2.05, 4.69) is 5.32 Å². The van der Waals surface area contributed by atoms with Gasteiger partial charge in [0.15, 0.2) is 12.4 Å². The molecule has 0 aliphatic rings. The minimum absolute atomic E-state index is 0.0610. The van der Waals surface area contributed by atoms with Crippen molar-refractivity contribution >= 4 is 35.1 Å². The second-order valence-electron chi connectivity index (χ2n) is 6.86. The summed E-state index contributed by atoms with van der Waals surface area (Å²) in [5.41, 5.74) is 2.16. The van der Waals surface area contributed by atoms with Crippen molar-refractivity contribution in [3.8, 4) is 0 Å². The van der Waals surface area contributed by atoms with Gasteiger partial charge in [0.2, 0.25) is 5.91 Å². The topological polar surface area (TPSA) is 72.5 Å². The molecule has 2 aromatic rings. The van der Waals surface area contributed by atoms with E-state index in [4.69, 9.17) is 4.74 Å². The van der Waals surface area contributed by atoms with Gasteiger partial charge in [0, 0.05) is 22.6 Å². The third-order valence-corrected chi connectivity index (χ3v) is 5.04. The Morgan fingerprint density at radius 2 is 1.71 bits per heavy atom. The number of Topliss-reactive ketones (excluding diaryl/α,β-unsaturated/α-hetero) is 1. The van der Waals surface area contributed by atoms with Gasteiger partial charge in [-0.3, -0.25) is 14.4 Å². The summed E-state index contributed by atoms with van der Waals surface area (Å²) < 4.78 is 5.08. The highest BCUT2D eigenvalue weighted by Gasteiger charge is 2.12. The molecule has 2 rings (SSSR count). The third-order valence-electron chi connectivity index (χ3n) is 3.89. The quantitative estimate of drug-likeness (QED) is 0.382. The number of aryl methyl sites for hydroxylation is 1. The summed E-state index contributed by atoms with van der Waals surface area (Å²) in [4.78, 5) is 36.9. The Morgan fingerprint density at radius 3 is 2.36 bits per heavy atom. The van der Waals surface area contributed by atoms with Crippen LogP contribution in [0.5, 0.6) is 0 Å². The largest absolute Gasteiger partial charge is 0.457 e. The Bertz CT molecular complexity index is 831. The molecular formula is C22H25NO4S. The molecule has 0 saturated heterocycles. The van der Waals surface area contributed by atoms with Crippen LogP contribution in [-0.2, 0) is 14.3 Å². The highest BCUT2D eigenvalue weighted by atomic mass is 32.2. The van der Waals surface area contributed by atoms with Crippen molar-refractivity contribution in [1.29, 1.82) is 0 Å². The van der Waals surface area contributed by atoms with Crippen molar-refractivity contribution in [2.75, 3.05) is 17.7 Å². The van der Waals surface area contributed by atoms with Gasteiger partial charge < -0.3 is 10.1 Å². The Kier molecular flexibility index (Phi) is 8.26. The smallest absolute Gasteiger partial charge is 0.316 e. The number of hydrogen-bond donors (Lipinski definition) is 1. The lowest BCUT2D eigenvalue weighted by molar-refractivity contribution is -0.139. The van der Waals surface area contributed by atoms with E-state index in [0.29, 0.717) is 17.7 Å². The zero-order chi connectivity index (χ0) is 20.5. The van der Waals surface area contributed by atoms with E-state index in [-0.39, 0.29) is 30.0 Å². The lowest BCUT2D eigenvalue weighted by Gasteiger charge is -2.08. The average Bonchev–Trinajstić information content (AvgIpc) is 2.65. The molecule has 0 atom stereocenters. The number of esters is 1. The van der Waals surface area contributed by atoms with E-state index in [9.17, 15) is 14.4 Å². The molecule has 28 heavy (non-hydrogen) atoms. The maximum absolute atomic E-state index is 12.2. The third kappa shape index (κ3) is 7.19. The molecule has 2 aromatic carbocycles. The first-order valence-electron chi connectivity index (χ1n) is 9.12. The first-order chi connectivity index (χ1) is 13.3. The average molecular weight is 400 g/mol. The molecule has 1 amide bonds. The summed E-state index contributed by atoms with van der Waals surface area (Å²) >= 11 is 1.39. The van der Waals surface area contributed by atoms with Gasteiger partial charge in [-0.2, -0.15) is 0 Å². The molecule has 0 aliphatic carbocycles. The van der Waals surface area contributed by atoms with Crippen LogP contribution in [0.2, 0.25) is 0 Å². The second kappa shape index (κ2) is 10.7. The minimum atomic E-state index is -0.431. The standard InChI is InChI=1S/C22H25NO4S/c1-15(2)12-21(25)23-18-10-8-17(9-11-18)19(24)13-27-22(26)14-28-20-7-5-4-6-16(20)3/h4-11,15H,12-14H2,1-3H3,(H,23,25). The molecule has 5 nitrogen and oxygen atoms in total. The van der Waals surface area contributed by atoms with Crippen molar-refractivity contribution in [3.63, 3.8) is 0 Å². The minimum Gasteiger partial charge on any atom is -0.457 e. The van der Waals surface area contributed by atoms with Crippen LogP contribution in [0.15, 0.2) is 53.4 Å². The number of anilines is 1. The van der Waals surface area contributed by atoms with E-state index in [1.807, 2.05) is 45.0 Å². The van der Waals surface area contributed by atoms with Crippen LogP contribution in [0.3, 0.4) is 0 Å². The molecule has 0 aromatic heterocycles. The molecule has 0 aliphatic heterocycles. The number of benzene rings is 2. The normalized spacial score (nSPS) is 10.6. The Hall–Kier alpha value is -2.60. The molecule has 0 fully saturated rings. The lowest BCUT2D eigenvalue weighted by Crippen LogP contribution is -2.16. The molecule has 0 saturated carbocycles. The number of thioether (sulfide) groups is 1. The summed E-state index contributed by atoms with van der Waals surface area (Å²) in [5, 5.41) is 2.79. The number of ether oxygens (including phenoxy) is 1. The maximum Gasteiger partial charge on any atom is 0.316 e. The van der Waals surface area contributed by atoms with Crippen LogP contribution in [0.4, 0.5) is 5.69 Å². The zero-order valence-electron chi connectivity index (χ0n) is 16.4. The van der Waals surface area contributed by atoms with Crippen molar-refractivity contribution in [2.45, 2.75) is 32.1 Å². The molecule has 0 spiro atoms. The Morgan fingerprint density at radius 1 is 1.04 bits per heavy atom. The van der Waals surface area contributed by atoms with Crippen molar-refractivity contribution in [2.24, 2.45) is 5.92 Å². The van der Waals surface area contributed by atoms with E-state index in [1.54, 1.807) is 24.3 Å². The zero-order valence-corrected chi connectivity index (χ0v) is 17.2. The molecule has 6 heteroatoms. The molecule has 0 unspecified atom stereocenters. The summed E-state index contributed by atoms with van der Waals surface area (Å²) in [6, 6.07) is 14.3. The van der Waals surface area contributed by atoms with Gasteiger partial charge in [-0.1, -0.05) is 32.0 Å². The molecule has 0 bridgehead atoms. The fourth-order valence-electron chi connectivity index (χ4n) is 2.45. The van der Waals surface area contributed by atoms with Crippen LogP contribution in [0, 0.1) is 12.8 Å². The van der Waals surface area contributed by atoms with E-state index < -0.39 is 5.97 Å². The molecule has 1 N–H and O–H groups in total. The number of ketones is 1.